The number of nitrogens with one attached hydrogen (secondary N) is 1. The summed E-state index contributed by atoms with van der Waals surface area (Å²) in [5.74, 6) is 3.59. The predicted molar refractivity (Wildman–Crippen MR) is 71.5 cm³/mol. The third-order valence-corrected chi connectivity index (χ3v) is 3.59. The van der Waals surface area contributed by atoms with Gasteiger partial charge in [0, 0.05) is 18.5 Å². The van der Waals surface area contributed by atoms with Crippen LogP contribution >= 0.6 is 11.6 Å². The average molecular weight is 254 g/mol. The highest BCUT2D eigenvalue weighted by Crippen LogP contribution is 2.38. The van der Waals surface area contributed by atoms with Gasteiger partial charge in [0.15, 0.2) is 0 Å². The maximum absolute atomic E-state index is 6.01. The SMILES string of the molecule is CC(C)C(C)CNc1cc(Cl)nc(C2CC2)n1. The molecule has 1 atom stereocenters. The lowest BCUT2D eigenvalue weighted by molar-refractivity contribution is 0.439. The van der Waals surface area contributed by atoms with Gasteiger partial charge >= 0.3 is 0 Å². The fourth-order valence-electron chi connectivity index (χ4n) is 1.55. The lowest BCUT2D eigenvalue weighted by atomic mass is 9.98. The summed E-state index contributed by atoms with van der Waals surface area (Å²) in [5.41, 5.74) is 0. The molecular weight excluding hydrogens is 234 g/mol. The number of nitrogens with zero attached hydrogens (tertiary/aromatic N) is 2. The van der Waals surface area contributed by atoms with Gasteiger partial charge in [-0.1, -0.05) is 32.4 Å². The Morgan fingerprint density at radius 2 is 2.06 bits per heavy atom. The predicted octanol–water partition coefficient (Wildman–Crippen LogP) is 3.71. The third-order valence-electron chi connectivity index (χ3n) is 3.40. The van der Waals surface area contributed by atoms with E-state index in [-0.39, 0.29) is 0 Å². The lowest BCUT2D eigenvalue weighted by Gasteiger charge is -2.16. The van der Waals surface area contributed by atoms with Crippen molar-refractivity contribution in [3.63, 3.8) is 0 Å². The molecule has 0 aromatic carbocycles. The van der Waals surface area contributed by atoms with Gasteiger partial charge in [-0.3, -0.25) is 0 Å². The standard InChI is InChI=1S/C13H20ClN3/c1-8(2)9(3)7-15-12-6-11(14)16-13(17-12)10-4-5-10/h6,8-10H,4-5,7H2,1-3H3,(H,15,16,17). The first-order valence-corrected chi connectivity index (χ1v) is 6.72. The molecule has 0 aliphatic heterocycles. The van der Waals surface area contributed by atoms with Crippen LogP contribution in [-0.4, -0.2) is 16.5 Å². The van der Waals surface area contributed by atoms with Crippen LogP contribution in [0.1, 0.15) is 45.4 Å². The van der Waals surface area contributed by atoms with Gasteiger partial charge in [0.05, 0.1) is 0 Å². The summed E-state index contributed by atoms with van der Waals surface area (Å²) in [6.45, 7) is 7.63. The van der Waals surface area contributed by atoms with Gasteiger partial charge in [-0.2, -0.15) is 0 Å². The smallest absolute Gasteiger partial charge is 0.135 e. The van der Waals surface area contributed by atoms with Crippen LogP contribution in [0.25, 0.3) is 0 Å². The largest absolute Gasteiger partial charge is 0.370 e. The van der Waals surface area contributed by atoms with Crippen LogP contribution in [0.2, 0.25) is 5.15 Å². The second kappa shape index (κ2) is 5.21. The molecule has 3 nitrogen and oxygen atoms in total. The molecule has 1 aromatic heterocycles. The monoisotopic (exact) mass is 253 g/mol. The fourth-order valence-corrected chi connectivity index (χ4v) is 1.74. The Morgan fingerprint density at radius 1 is 1.35 bits per heavy atom. The summed E-state index contributed by atoms with van der Waals surface area (Å²) in [6, 6.07) is 1.81. The van der Waals surface area contributed by atoms with E-state index >= 15 is 0 Å². The van der Waals surface area contributed by atoms with Crippen LogP contribution in [0.4, 0.5) is 5.82 Å². The minimum atomic E-state index is 0.539. The molecule has 1 heterocycles. The molecule has 0 radical (unpaired) electrons. The zero-order valence-corrected chi connectivity index (χ0v) is 11.5. The number of hydrogen-bond donors (Lipinski definition) is 1. The molecule has 1 fully saturated rings. The third kappa shape index (κ3) is 3.56. The summed E-state index contributed by atoms with van der Waals surface area (Å²) in [4.78, 5) is 8.79. The van der Waals surface area contributed by atoms with Crippen molar-refractivity contribution >= 4 is 17.4 Å². The topological polar surface area (TPSA) is 37.8 Å². The Morgan fingerprint density at radius 3 is 2.65 bits per heavy atom. The number of anilines is 1. The van der Waals surface area contributed by atoms with E-state index in [9.17, 15) is 0 Å². The minimum absolute atomic E-state index is 0.539. The van der Waals surface area contributed by atoms with Crippen molar-refractivity contribution in [2.45, 2.75) is 39.5 Å². The van der Waals surface area contributed by atoms with E-state index < -0.39 is 0 Å². The second-order valence-corrected chi connectivity index (χ2v) is 5.70. The van der Waals surface area contributed by atoms with Crippen molar-refractivity contribution in [1.29, 1.82) is 0 Å². The van der Waals surface area contributed by atoms with Crippen molar-refractivity contribution in [3.8, 4) is 0 Å². The van der Waals surface area contributed by atoms with Crippen molar-refractivity contribution < 1.29 is 0 Å². The minimum Gasteiger partial charge on any atom is -0.370 e. The lowest BCUT2D eigenvalue weighted by Crippen LogP contribution is -2.17. The Kier molecular flexibility index (Phi) is 3.87. The van der Waals surface area contributed by atoms with Gasteiger partial charge in [0.2, 0.25) is 0 Å². The molecule has 0 bridgehead atoms. The Balaban J connectivity index is 2.00. The van der Waals surface area contributed by atoms with Crippen LogP contribution in [-0.2, 0) is 0 Å². The number of halogens is 1. The van der Waals surface area contributed by atoms with Gasteiger partial charge in [-0.15, -0.1) is 0 Å². The molecule has 1 unspecified atom stereocenters. The van der Waals surface area contributed by atoms with E-state index in [2.05, 4.69) is 36.1 Å². The average Bonchev–Trinajstić information content (AvgIpc) is 3.08. The van der Waals surface area contributed by atoms with Crippen molar-refractivity contribution in [2.75, 3.05) is 11.9 Å². The summed E-state index contributed by atoms with van der Waals surface area (Å²) < 4.78 is 0. The molecule has 1 aliphatic carbocycles. The van der Waals surface area contributed by atoms with Crippen molar-refractivity contribution in [2.24, 2.45) is 11.8 Å². The zero-order valence-electron chi connectivity index (χ0n) is 10.7. The first-order chi connectivity index (χ1) is 8.06. The molecule has 0 saturated heterocycles. The van der Waals surface area contributed by atoms with Gasteiger partial charge in [-0.25, -0.2) is 9.97 Å². The number of aromatic nitrogens is 2. The zero-order chi connectivity index (χ0) is 12.4. The van der Waals surface area contributed by atoms with E-state index in [1.165, 1.54) is 12.8 Å². The number of hydrogen-bond acceptors (Lipinski definition) is 3. The first kappa shape index (κ1) is 12.6. The van der Waals surface area contributed by atoms with Gasteiger partial charge in [-0.05, 0) is 24.7 Å². The van der Waals surface area contributed by atoms with E-state index in [0.29, 0.717) is 22.9 Å². The first-order valence-electron chi connectivity index (χ1n) is 6.34. The molecule has 2 rings (SSSR count). The van der Waals surface area contributed by atoms with Gasteiger partial charge < -0.3 is 5.32 Å². The highest BCUT2D eigenvalue weighted by Gasteiger charge is 2.27. The molecule has 17 heavy (non-hydrogen) atoms. The fraction of sp³-hybridized carbons (Fsp3) is 0.692. The maximum atomic E-state index is 6.01. The normalized spacial score (nSPS) is 17.2. The van der Waals surface area contributed by atoms with E-state index in [4.69, 9.17) is 11.6 Å². The van der Waals surface area contributed by atoms with Crippen molar-refractivity contribution in [1.82, 2.24) is 9.97 Å². The quantitative estimate of drug-likeness (QED) is 0.813. The summed E-state index contributed by atoms with van der Waals surface area (Å²) in [6.07, 6.45) is 2.39. The maximum Gasteiger partial charge on any atom is 0.135 e. The molecule has 1 aliphatic rings. The van der Waals surface area contributed by atoms with E-state index in [0.717, 1.165) is 18.2 Å². The molecule has 0 amide bonds. The van der Waals surface area contributed by atoms with Crippen LogP contribution in [0.15, 0.2) is 6.07 Å². The number of rotatable bonds is 5. The van der Waals surface area contributed by atoms with Gasteiger partial charge in [0.25, 0.3) is 0 Å². The van der Waals surface area contributed by atoms with E-state index in [1.807, 2.05) is 0 Å². The molecule has 1 aromatic rings. The molecular formula is C13H20ClN3. The molecule has 0 spiro atoms. The highest BCUT2D eigenvalue weighted by atomic mass is 35.5. The van der Waals surface area contributed by atoms with Gasteiger partial charge in [0.1, 0.15) is 16.8 Å². The summed E-state index contributed by atoms with van der Waals surface area (Å²) in [5, 5.41) is 3.90. The summed E-state index contributed by atoms with van der Waals surface area (Å²) in [7, 11) is 0. The second-order valence-electron chi connectivity index (χ2n) is 5.31. The van der Waals surface area contributed by atoms with Crippen LogP contribution in [0.5, 0.6) is 0 Å². The van der Waals surface area contributed by atoms with Crippen LogP contribution in [0, 0.1) is 11.8 Å². The Hall–Kier alpha value is -0.830. The molecule has 94 valence electrons. The Bertz CT molecular complexity index is 388. The Labute approximate surface area is 108 Å². The molecule has 4 heteroatoms. The van der Waals surface area contributed by atoms with Crippen LogP contribution in [0.3, 0.4) is 0 Å². The molecule has 1 saturated carbocycles. The highest BCUT2D eigenvalue weighted by molar-refractivity contribution is 6.29. The molecule has 1 N–H and O–H groups in total. The van der Waals surface area contributed by atoms with E-state index in [1.54, 1.807) is 6.07 Å². The summed E-state index contributed by atoms with van der Waals surface area (Å²) >= 11 is 6.01. The van der Waals surface area contributed by atoms with Crippen molar-refractivity contribution in [3.05, 3.63) is 17.0 Å². The van der Waals surface area contributed by atoms with Crippen LogP contribution < -0.4 is 5.32 Å².